The lowest BCUT2D eigenvalue weighted by Crippen LogP contribution is -2.13. The fourth-order valence-corrected chi connectivity index (χ4v) is 4.11. The van der Waals surface area contributed by atoms with E-state index in [9.17, 15) is 0 Å². The molecule has 5 heteroatoms. The lowest BCUT2D eigenvalue weighted by molar-refractivity contribution is 0.726. The van der Waals surface area contributed by atoms with Crippen LogP contribution in [0.5, 0.6) is 0 Å². The second-order valence-electron chi connectivity index (χ2n) is 3.68. The van der Waals surface area contributed by atoms with Crippen molar-refractivity contribution < 1.29 is 0 Å². The SMILES string of the molecule is NC(Cc1ccc(Br)s1)c1ccc(Cl)cc1Br. The van der Waals surface area contributed by atoms with Crippen LogP contribution in [-0.2, 0) is 6.42 Å². The molecule has 0 bridgehead atoms. The highest BCUT2D eigenvalue weighted by atomic mass is 79.9. The van der Waals surface area contributed by atoms with Crippen molar-refractivity contribution in [2.24, 2.45) is 5.73 Å². The molecule has 1 aromatic carbocycles. The minimum absolute atomic E-state index is 0.0211. The van der Waals surface area contributed by atoms with E-state index >= 15 is 0 Å². The zero-order valence-corrected chi connectivity index (χ0v) is 13.5. The van der Waals surface area contributed by atoms with Crippen LogP contribution in [0.1, 0.15) is 16.5 Å². The van der Waals surface area contributed by atoms with Crippen molar-refractivity contribution in [2.75, 3.05) is 0 Å². The van der Waals surface area contributed by atoms with Crippen LogP contribution in [0.3, 0.4) is 0 Å². The fraction of sp³-hybridized carbons (Fsp3) is 0.167. The smallest absolute Gasteiger partial charge is 0.0701 e. The molecule has 0 radical (unpaired) electrons. The summed E-state index contributed by atoms with van der Waals surface area (Å²) >= 11 is 14.6. The third kappa shape index (κ3) is 3.55. The van der Waals surface area contributed by atoms with Gasteiger partial charge in [0, 0.05) is 26.8 Å². The van der Waals surface area contributed by atoms with Gasteiger partial charge in [-0.15, -0.1) is 11.3 Å². The van der Waals surface area contributed by atoms with E-state index in [1.165, 1.54) is 4.88 Å². The Morgan fingerprint density at radius 1 is 1.24 bits per heavy atom. The Balaban J connectivity index is 2.17. The molecule has 0 fully saturated rings. The van der Waals surface area contributed by atoms with Crippen molar-refractivity contribution in [2.45, 2.75) is 12.5 Å². The first-order chi connectivity index (χ1) is 8.06. The van der Waals surface area contributed by atoms with Gasteiger partial charge in [0.1, 0.15) is 0 Å². The van der Waals surface area contributed by atoms with Crippen LogP contribution in [0, 0.1) is 0 Å². The summed E-state index contributed by atoms with van der Waals surface area (Å²) in [4.78, 5) is 1.27. The van der Waals surface area contributed by atoms with Crippen molar-refractivity contribution in [1.82, 2.24) is 0 Å². The Bertz CT molecular complexity index is 527. The maximum absolute atomic E-state index is 6.21. The predicted octanol–water partition coefficient (Wildman–Crippen LogP) is 5.17. The molecule has 0 saturated heterocycles. The zero-order chi connectivity index (χ0) is 12.4. The Morgan fingerprint density at radius 3 is 2.59 bits per heavy atom. The number of halogens is 3. The average molecular weight is 396 g/mol. The van der Waals surface area contributed by atoms with Crippen LogP contribution in [0.15, 0.2) is 38.6 Å². The summed E-state index contributed by atoms with van der Waals surface area (Å²) < 4.78 is 2.10. The molecule has 90 valence electrons. The van der Waals surface area contributed by atoms with E-state index in [4.69, 9.17) is 17.3 Å². The number of thiophene rings is 1. The standard InChI is InChI=1S/C12H10Br2ClNS/c13-10-5-7(15)1-3-9(10)11(16)6-8-2-4-12(14)17-8/h1-5,11H,6,16H2. The van der Waals surface area contributed by atoms with Crippen molar-refractivity contribution in [3.8, 4) is 0 Å². The molecule has 0 aliphatic rings. The van der Waals surface area contributed by atoms with Crippen molar-refractivity contribution in [1.29, 1.82) is 0 Å². The summed E-state index contributed by atoms with van der Waals surface area (Å²) in [7, 11) is 0. The molecule has 0 amide bonds. The van der Waals surface area contributed by atoms with Gasteiger partial charge in [0.25, 0.3) is 0 Å². The predicted molar refractivity (Wildman–Crippen MR) is 81.8 cm³/mol. The molecule has 2 aromatic rings. The first-order valence-electron chi connectivity index (χ1n) is 5.01. The number of hydrogen-bond donors (Lipinski definition) is 1. The van der Waals surface area contributed by atoms with Gasteiger partial charge < -0.3 is 5.73 Å². The van der Waals surface area contributed by atoms with Crippen LogP contribution < -0.4 is 5.73 Å². The van der Waals surface area contributed by atoms with Gasteiger partial charge in [-0.3, -0.25) is 0 Å². The van der Waals surface area contributed by atoms with Crippen molar-refractivity contribution in [3.63, 3.8) is 0 Å². The van der Waals surface area contributed by atoms with E-state index in [-0.39, 0.29) is 6.04 Å². The van der Waals surface area contributed by atoms with Crippen LogP contribution in [0.25, 0.3) is 0 Å². The molecule has 2 rings (SSSR count). The highest BCUT2D eigenvalue weighted by molar-refractivity contribution is 9.11. The Kier molecular flexibility index (Phi) is 4.66. The van der Waals surface area contributed by atoms with Gasteiger partial charge in [0.15, 0.2) is 0 Å². The molecule has 0 saturated carbocycles. The molecule has 1 nitrogen and oxygen atoms in total. The topological polar surface area (TPSA) is 26.0 Å². The Labute approximate surface area is 126 Å². The van der Waals surface area contributed by atoms with E-state index in [0.29, 0.717) is 5.02 Å². The average Bonchev–Trinajstić information content (AvgIpc) is 2.63. The number of hydrogen-bond acceptors (Lipinski definition) is 2. The summed E-state index contributed by atoms with van der Waals surface area (Å²) in [6, 6.07) is 9.83. The second-order valence-corrected chi connectivity index (χ2v) is 7.52. The quantitative estimate of drug-likeness (QED) is 0.762. The van der Waals surface area contributed by atoms with Gasteiger partial charge in [-0.25, -0.2) is 0 Å². The Hall–Kier alpha value is 0.130. The third-order valence-electron chi connectivity index (χ3n) is 2.41. The molecule has 0 spiro atoms. The molecule has 1 aromatic heterocycles. The summed E-state index contributed by atoms with van der Waals surface area (Å²) in [6.45, 7) is 0. The van der Waals surface area contributed by atoms with E-state index in [1.54, 1.807) is 11.3 Å². The first-order valence-corrected chi connectivity index (χ1v) is 7.79. The molecular formula is C12H10Br2ClNS. The molecule has 17 heavy (non-hydrogen) atoms. The summed E-state index contributed by atoms with van der Waals surface area (Å²) in [5.41, 5.74) is 7.29. The monoisotopic (exact) mass is 393 g/mol. The number of nitrogens with two attached hydrogens (primary N) is 1. The van der Waals surface area contributed by atoms with Crippen LogP contribution >= 0.6 is 54.8 Å². The van der Waals surface area contributed by atoms with Gasteiger partial charge in [-0.2, -0.15) is 0 Å². The van der Waals surface area contributed by atoms with Gasteiger partial charge in [0.05, 0.1) is 3.79 Å². The molecular weight excluding hydrogens is 385 g/mol. The van der Waals surface area contributed by atoms with Gasteiger partial charge in [-0.05, 0) is 45.8 Å². The minimum Gasteiger partial charge on any atom is -0.324 e. The molecule has 1 unspecified atom stereocenters. The van der Waals surface area contributed by atoms with Crippen molar-refractivity contribution in [3.05, 3.63) is 54.1 Å². The largest absolute Gasteiger partial charge is 0.324 e. The number of benzene rings is 1. The highest BCUT2D eigenvalue weighted by Gasteiger charge is 2.12. The maximum Gasteiger partial charge on any atom is 0.0701 e. The zero-order valence-electron chi connectivity index (χ0n) is 8.79. The van der Waals surface area contributed by atoms with Crippen LogP contribution in [0.4, 0.5) is 0 Å². The van der Waals surface area contributed by atoms with Crippen LogP contribution in [0.2, 0.25) is 5.02 Å². The first kappa shape index (κ1) is 13.6. The van der Waals surface area contributed by atoms with E-state index < -0.39 is 0 Å². The highest BCUT2D eigenvalue weighted by Crippen LogP contribution is 2.30. The molecule has 2 N–H and O–H groups in total. The molecule has 0 aliphatic carbocycles. The summed E-state index contributed by atoms with van der Waals surface area (Å²) in [6.07, 6.45) is 0.830. The van der Waals surface area contributed by atoms with Gasteiger partial charge in [-0.1, -0.05) is 33.6 Å². The molecule has 0 aliphatic heterocycles. The second kappa shape index (κ2) is 5.85. The molecule has 1 atom stereocenters. The Morgan fingerprint density at radius 2 is 2.00 bits per heavy atom. The van der Waals surface area contributed by atoms with Gasteiger partial charge >= 0.3 is 0 Å². The summed E-state index contributed by atoms with van der Waals surface area (Å²) in [5.74, 6) is 0. The normalized spacial score (nSPS) is 12.7. The van der Waals surface area contributed by atoms with Crippen molar-refractivity contribution >= 4 is 54.8 Å². The molecule has 1 heterocycles. The maximum atomic E-state index is 6.21. The summed E-state index contributed by atoms with van der Waals surface area (Å²) in [5, 5.41) is 0.715. The van der Waals surface area contributed by atoms with E-state index in [2.05, 4.69) is 37.9 Å². The van der Waals surface area contributed by atoms with Crippen LogP contribution in [-0.4, -0.2) is 0 Å². The minimum atomic E-state index is -0.0211. The number of rotatable bonds is 3. The third-order valence-corrected chi connectivity index (χ3v) is 4.98. The lowest BCUT2D eigenvalue weighted by Gasteiger charge is -2.13. The van der Waals surface area contributed by atoms with Gasteiger partial charge in [0.2, 0.25) is 0 Å². The van der Waals surface area contributed by atoms with E-state index in [1.807, 2.05) is 24.3 Å². The lowest BCUT2D eigenvalue weighted by atomic mass is 10.0. The van der Waals surface area contributed by atoms with E-state index in [0.717, 1.165) is 20.2 Å². The fourth-order valence-electron chi connectivity index (χ4n) is 1.59.